The van der Waals surface area contributed by atoms with Crippen molar-refractivity contribution in [1.29, 1.82) is 0 Å². The second-order valence-corrected chi connectivity index (χ2v) is 9.47. The van der Waals surface area contributed by atoms with Crippen molar-refractivity contribution in [3.63, 3.8) is 0 Å². The van der Waals surface area contributed by atoms with Crippen molar-refractivity contribution >= 4 is 17.6 Å². The minimum Gasteiger partial charge on any atom is -0.339 e. The number of amides is 2. The summed E-state index contributed by atoms with van der Waals surface area (Å²) in [5.74, 6) is -0.574. The maximum Gasteiger partial charge on any atom is 0.271 e. The van der Waals surface area contributed by atoms with E-state index in [1.807, 2.05) is 13.8 Å². The molecule has 2 aliphatic carbocycles. The fourth-order valence-corrected chi connectivity index (χ4v) is 4.95. The van der Waals surface area contributed by atoms with Crippen molar-refractivity contribution < 1.29 is 14.0 Å². The van der Waals surface area contributed by atoms with Crippen LogP contribution in [-0.4, -0.2) is 48.0 Å². The van der Waals surface area contributed by atoms with Crippen LogP contribution in [0.15, 0.2) is 18.3 Å². The summed E-state index contributed by atoms with van der Waals surface area (Å²) >= 11 is 0. The third-order valence-corrected chi connectivity index (χ3v) is 6.93. The first-order valence-corrected chi connectivity index (χ1v) is 12.1. The number of hydrogen-bond acceptors (Lipinski definition) is 6. The topological polar surface area (TPSA) is 130 Å². The van der Waals surface area contributed by atoms with Gasteiger partial charge in [0, 0.05) is 23.4 Å². The normalized spacial score (nSPS) is 16.4. The molecule has 3 N–H and O–H groups in total. The van der Waals surface area contributed by atoms with Crippen LogP contribution in [-0.2, 0) is 11.3 Å². The highest BCUT2D eigenvalue weighted by molar-refractivity contribution is 6.00. The van der Waals surface area contributed by atoms with E-state index in [1.165, 1.54) is 10.9 Å². The number of pyridine rings is 1. The Hall–Kier alpha value is -3.63. The Morgan fingerprint density at radius 3 is 2.49 bits per heavy atom. The number of aryl methyl sites for hydroxylation is 3. The summed E-state index contributed by atoms with van der Waals surface area (Å²) in [6, 6.07) is 2.40. The van der Waals surface area contributed by atoms with Crippen molar-refractivity contribution in [1.82, 2.24) is 35.5 Å². The maximum atomic E-state index is 14.9. The number of halogens is 1. The number of rotatable bonds is 9. The molecule has 3 aromatic rings. The number of hydrogen-bond donors (Lipinski definition) is 3. The zero-order chi connectivity index (χ0) is 24.7. The van der Waals surface area contributed by atoms with Gasteiger partial charge in [0.1, 0.15) is 17.6 Å². The van der Waals surface area contributed by atoms with Crippen LogP contribution in [0.1, 0.15) is 54.5 Å². The van der Waals surface area contributed by atoms with Crippen LogP contribution >= 0.6 is 0 Å². The van der Waals surface area contributed by atoms with Gasteiger partial charge in [-0.2, -0.15) is 9.49 Å². The minimum absolute atomic E-state index is 0.0326. The number of nitrogens with zero attached hydrogens (tertiary/aromatic N) is 5. The molecule has 0 unspecified atom stereocenters. The van der Waals surface area contributed by atoms with E-state index in [0.29, 0.717) is 40.9 Å². The molecule has 11 heteroatoms. The van der Waals surface area contributed by atoms with Crippen LogP contribution in [0.3, 0.4) is 0 Å². The van der Waals surface area contributed by atoms with Gasteiger partial charge in [0.25, 0.3) is 5.91 Å². The summed E-state index contributed by atoms with van der Waals surface area (Å²) in [5, 5.41) is 20.4. The van der Waals surface area contributed by atoms with Gasteiger partial charge in [0.15, 0.2) is 0 Å². The Kier molecular flexibility index (Phi) is 6.08. The zero-order valence-corrected chi connectivity index (χ0v) is 20.0. The van der Waals surface area contributed by atoms with Gasteiger partial charge in [-0.1, -0.05) is 5.21 Å². The number of anilines is 1. The summed E-state index contributed by atoms with van der Waals surface area (Å²) in [5.41, 5.74) is 2.67. The molecule has 2 fully saturated rings. The Labute approximate surface area is 202 Å². The van der Waals surface area contributed by atoms with Gasteiger partial charge in [0.2, 0.25) is 11.9 Å². The molecule has 184 valence electrons. The smallest absolute Gasteiger partial charge is 0.271 e. The van der Waals surface area contributed by atoms with Crippen LogP contribution in [0.2, 0.25) is 0 Å². The molecule has 5 rings (SSSR count). The molecule has 2 aliphatic rings. The van der Waals surface area contributed by atoms with Crippen molar-refractivity contribution in [3.05, 3.63) is 41.4 Å². The van der Waals surface area contributed by atoms with Crippen LogP contribution in [0.4, 0.5) is 10.2 Å². The predicted molar refractivity (Wildman–Crippen MR) is 126 cm³/mol. The van der Waals surface area contributed by atoms with Crippen molar-refractivity contribution in [2.75, 3.05) is 5.32 Å². The average Bonchev–Trinajstić information content (AvgIpc) is 3.76. The van der Waals surface area contributed by atoms with Crippen molar-refractivity contribution in [2.24, 2.45) is 17.8 Å². The summed E-state index contributed by atoms with van der Waals surface area (Å²) in [7, 11) is 0. The number of aromatic nitrogens is 6. The van der Waals surface area contributed by atoms with Gasteiger partial charge >= 0.3 is 0 Å². The van der Waals surface area contributed by atoms with E-state index in [9.17, 15) is 14.0 Å². The van der Waals surface area contributed by atoms with E-state index < -0.39 is 23.8 Å². The Morgan fingerprint density at radius 2 is 1.91 bits per heavy atom. The number of carbonyl (C=O) groups excluding carboxylic acids is 2. The van der Waals surface area contributed by atoms with Crippen molar-refractivity contribution in [3.8, 4) is 11.1 Å². The fraction of sp³-hybridized carbons (Fsp3) is 0.500. The number of H-pyrrole nitrogens is 1. The lowest BCUT2D eigenvalue weighted by atomic mass is 9.88. The highest BCUT2D eigenvalue weighted by Gasteiger charge is 2.48. The molecule has 10 nitrogen and oxygen atoms in total. The van der Waals surface area contributed by atoms with Crippen LogP contribution in [0.5, 0.6) is 0 Å². The monoisotopic (exact) mass is 480 g/mol. The summed E-state index contributed by atoms with van der Waals surface area (Å²) in [6.45, 7) is 5.95. The van der Waals surface area contributed by atoms with Gasteiger partial charge in [-0.15, -0.1) is 5.10 Å². The van der Waals surface area contributed by atoms with E-state index in [4.69, 9.17) is 0 Å². The lowest BCUT2D eigenvalue weighted by Crippen LogP contribution is -2.50. The lowest BCUT2D eigenvalue weighted by molar-refractivity contribution is -0.119. The minimum atomic E-state index is -0.759. The molecule has 0 aromatic carbocycles. The van der Waals surface area contributed by atoms with Gasteiger partial charge in [-0.25, -0.2) is 9.67 Å². The lowest BCUT2D eigenvalue weighted by Gasteiger charge is -2.27. The molecular formula is C24H29FN8O2. The molecule has 0 radical (unpaired) electrons. The Bertz CT molecular complexity index is 1230. The molecule has 0 saturated heterocycles. The first-order valence-electron chi connectivity index (χ1n) is 12.1. The zero-order valence-electron chi connectivity index (χ0n) is 20.0. The molecule has 0 aliphatic heterocycles. The Morgan fingerprint density at radius 1 is 1.20 bits per heavy atom. The molecular weight excluding hydrogens is 451 g/mol. The second-order valence-electron chi connectivity index (χ2n) is 9.47. The highest BCUT2D eigenvalue weighted by Crippen LogP contribution is 2.51. The summed E-state index contributed by atoms with van der Waals surface area (Å²) in [6.07, 6.45) is 5.56. The number of carbonyl (C=O) groups is 2. The quantitative estimate of drug-likeness (QED) is 0.404. The first kappa shape index (κ1) is 23.1. The predicted octanol–water partition coefficient (Wildman–Crippen LogP) is 3.01. The molecule has 1 atom stereocenters. The van der Waals surface area contributed by atoms with Gasteiger partial charge in [0.05, 0.1) is 11.9 Å². The van der Waals surface area contributed by atoms with Crippen LogP contribution < -0.4 is 10.6 Å². The van der Waals surface area contributed by atoms with Crippen molar-refractivity contribution in [2.45, 2.75) is 59.0 Å². The largest absolute Gasteiger partial charge is 0.339 e. The maximum absolute atomic E-state index is 14.9. The fourth-order valence-electron chi connectivity index (χ4n) is 4.95. The SMILES string of the molecule is CCn1nncc1C(=O)N[C@H](C(=O)Nc1ccc(-c2c(C)n[nH]c2C)c(F)n1)C(C1CC1)C1CC1. The van der Waals surface area contributed by atoms with Gasteiger partial charge in [-0.3, -0.25) is 14.7 Å². The standard InChI is InChI=1S/C24H29FN8O2/c1-4-33-17(11-26-32-33)23(34)29-21(20(14-5-6-14)15-7-8-15)24(35)28-18-10-9-16(22(25)27-18)19-12(2)30-31-13(19)3/h9-11,14-15,20-21H,4-8H2,1-3H3,(H,29,34)(H,30,31)(H,27,28,35)/t21-/m0/s1. The van der Waals surface area contributed by atoms with E-state index in [-0.39, 0.29) is 11.7 Å². The molecule has 3 aromatic heterocycles. The second kappa shape index (κ2) is 9.20. The summed E-state index contributed by atoms with van der Waals surface area (Å²) in [4.78, 5) is 30.5. The van der Waals surface area contributed by atoms with Gasteiger partial charge in [-0.05, 0) is 76.3 Å². The number of aromatic amines is 1. The summed E-state index contributed by atoms with van der Waals surface area (Å²) < 4.78 is 16.4. The molecule has 2 saturated carbocycles. The van der Waals surface area contributed by atoms with Crippen LogP contribution in [0, 0.1) is 37.5 Å². The Balaban J connectivity index is 1.38. The molecule has 3 heterocycles. The van der Waals surface area contributed by atoms with Gasteiger partial charge < -0.3 is 10.6 Å². The molecule has 35 heavy (non-hydrogen) atoms. The molecule has 2 amide bonds. The first-order chi connectivity index (χ1) is 16.9. The third kappa shape index (κ3) is 4.67. The third-order valence-electron chi connectivity index (χ3n) is 6.93. The van der Waals surface area contributed by atoms with E-state index in [2.05, 4.69) is 36.1 Å². The van der Waals surface area contributed by atoms with E-state index in [1.54, 1.807) is 19.1 Å². The average molecular weight is 481 g/mol. The van der Waals surface area contributed by atoms with Crippen LogP contribution in [0.25, 0.3) is 11.1 Å². The molecule has 0 bridgehead atoms. The van der Waals surface area contributed by atoms with E-state index in [0.717, 1.165) is 31.4 Å². The van der Waals surface area contributed by atoms with E-state index >= 15 is 0 Å². The molecule has 0 spiro atoms. The highest BCUT2D eigenvalue weighted by atomic mass is 19.1. The number of nitrogens with one attached hydrogen (secondary N) is 3.